The van der Waals surface area contributed by atoms with Gasteiger partial charge in [0, 0.05) is 0 Å². The molecular weight excluding hydrogens is 323 g/mol. The summed E-state index contributed by atoms with van der Waals surface area (Å²) in [6, 6.07) is 2.56. The molecule has 0 radical (unpaired) electrons. The average Bonchev–Trinajstić information content (AvgIpc) is 2.39. The second kappa shape index (κ2) is 5.92. The minimum atomic E-state index is -3.62. The normalized spacial score (nSPS) is 17.1. The molecule has 1 aromatic rings. The van der Waals surface area contributed by atoms with Crippen LogP contribution in [0.4, 0.5) is 0 Å². The smallest absolute Gasteiger partial charge is 0.338 e. The molecule has 1 saturated carbocycles. The maximum absolute atomic E-state index is 12.6. The van der Waals surface area contributed by atoms with E-state index < -0.39 is 21.1 Å². The van der Waals surface area contributed by atoms with Crippen LogP contribution in [0.25, 0.3) is 0 Å². The topological polar surface area (TPSA) is 71.4 Å². The van der Waals surface area contributed by atoms with Gasteiger partial charge in [-0.25, -0.2) is 13.2 Å². The molecule has 110 valence electrons. The monoisotopic (exact) mass is 336 g/mol. The number of carboxylic acids is 1. The van der Waals surface area contributed by atoms with Crippen molar-refractivity contribution in [1.82, 2.24) is 0 Å². The lowest BCUT2D eigenvalue weighted by atomic mass is 10.0. The Morgan fingerprint density at radius 3 is 2.30 bits per heavy atom. The summed E-state index contributed by atoms with van der Waals surface area (Å²) >= 11 is 11.7. The first kappa shape index (κ1) is 15.6. The molecule has 4 nitrogen and oxygen atoms in total. The van der Waals surface area contributed by atoms with Crippen LogP contribution in [0.5, 0.6) is 0 Å². The summed E-state index contributed by atoms with van der Waals surface area (Å²) in [6.07, 6.45) is 3.93. The van der Waals surface area contributed by atoms with Crippen LogP contribution < -0.4 is 0 Å². The molecule has 1 aliphatic rings. The van der Waals surface area contributed by atoms with Gasteiger partial charge in [0.15, 0.2) is 9.84 Å². The van der Waals surface area contributed by atoms with Gasteiger partial charge in [0.1, 0.15) is 0 Å². The van der Waals surface area contributed by atoms with Crippen molar-refractivity contribution in [3.05, 3.63) is 27.7 Å². The van der Waals surface area contributed by atoms with E-state index in [-0.39, 0.29) is 20.5 Å². The van der Waals surface area contributed by atoms with Crippen LogP contribution in [-0.4, -0.2) is 24.7 Å². The molecule has 0 bridgehead atoms. The lowest BCUT2D eigenvalue weighted by Crippen LogP contribution is -2.24. The van der Waals surface area contributed by atoms with Gasteiger partial charge in [-0.2, -0.15) is 0 Å². The summed E-state index contributed by atoms with van der Waals surface area (Å²) in [6.45, 7) is 0. The summed E-state index contributed by atoms with van der Waals surface area (Å²) in [5, 5.41) is 8.23. The number of halogens is 2. The average molecular weight is 337 g/mol. The summed E-state index contributed by atoms with van der Waals surface area (Å²) in [5.74, 6) is -1.33. The Morgan fingerprint density at radius 2 is 1.75 bits per heavy atom. The van der Waals surface area contributed by atoms with Crippen molar-refractivity contribution < 1.29 is 18.3 Å². The van der Waals surface area contributed by atoms with Crippen molar-refractivity contribution in [2.24, 2.45) is 0 Å². The fourth-order valence-corrected chi connectivity index (χ4v) is 5.28. The highest BCUT2D eigenvalue weighted by atomic mass is 35.5. The quantitative estimate of drug-likeness (QED) is 0.911. The van der Waals surface area contributed by atoms with E-state index in [9.17, 15) is 13.2 Å². The molecule has 1 aliphatic carbocycles. The van der Waals surface area contributed by atoms with Gasteiger partial charge in [0.25, 0.3) is 0 Å². The van der Waals surface area contributed by atoms with Crippen molar-refractivity contribution in [2.75, 3.05) is 0 Å². The molecule has 0 unspecified atom stereocenters. The van der Waals surface area contributed by atoms with Gasteiger partial charge < -0.3 is 5.11 Å². The van der Waals surface area contributed by atoms with E-state index in [1.54, 1.807) is 0 Å². The first-order valence-electron chi connectivity index (χ1n) is 6.31. The number of rotatable bonds is 3. The third-order valence-corrected chi connectivity index (χ3v) is 6.69. The summed E-state index contributed by atoms with van der Waals surface area (Å²) in [5.41, 5.74) is -0.356. The highest BCUT2D eigenvalue weighted by Crippen LogP contribution is 2.36. The van der Waals surface area contributed by atoms with Crippen LogP contribution in [-0.2, 0) is 9.84 Å². The van der Waals surface area contributed by atoms with Crippen LogP contribution in [0.3, 0.4) is 0 Å². The predicted octanol–water partition coefficient (Wildman–Crippen LogP) is 3.80. The van der Waals surface area contributed by atoms with Gasteiger partial charge in [-0.3, -0.25) is 0 Å². The number of sulfone groups is 1. The van der Waals surface area contributed by atoms with Crippen LogP contribution in [0.15, 0.2) is 17.0 Å². The van der Waals surface area contributed by atoms with Gasteiger partial charge in [-0.1, -0.05) is 42.5 Å². The first-order valence-corrected chi connectivity index (χ1v) is 8.61. The summed E-state index contributed by atoms with van der Waals surface area (Å²) < 4.78 is 25.1. The molecule has 0 aliphatic heterocycles. The van der Waals surface area contributed by atoms with Crippen molar-refractivity contribution in [2.45, 2.75) is 42.2 Å². The van der Waals surface area contributed by atoms with E-state index in [1.807, 2.05) is 0 Å². The van der Waals surface area contributed by atoms with Crippen LogP contribution >= 0.6 is 23.2 Å². The van der Waals surface area contributed by atoms with E-state index in [2.05, 4.69) is 0 Å². The zero-order valence-electron chi connectivity index (χ0n) is 10.6. The minimum absolute atomic E-state index is 0.0647. The van der Waals surface area contributed by atoms with Gasteiger partial charge in [-0.05, 0) is 25.0 Å². The lowest BCUT2D eigenvalue weighted by Gasteiger charge is -2.22. The van der Waals surface area contributed by atoms with E-state index in [4.69, 9.17) is 28.3 Å². The fraction of sp³-hybridized carbons (Fsp3) is 0.462. The first-order chi connectivity index (χ1) is 9.35. The largest absolute Gasteiger partial charge is 0.478 e. The highest BCUT2D eigenvalue weighted by Gasteiger charge is 2.32. The minimum Gasteiger partial charge on any atom is -0.478 e. The van der Waals surface area contributed by atoms with Crippen molar-refractivity contribution in [3.8, 4) is 0 Å². The number of aromatic carboxylic acids is 1. The van der Waals surface area contributed by atoms with E-state index in [0.717, 1.165) is 19.3 Å². The third kappa shape index (κ3) is 2.80. The van der Waals surface area contributed by atoms with Crippen molar-refractivity contribution >= 4 is 39.0 Å². The molecule has 1 fully saturated rings. The molecule has 2 rings (SSSR count). The van der Waals surface area contributed by atoms with Gasteiger partial charge in [-0.15, -0.1) is 0 Å². The molecule has 1 aromatic carbocycles. The summed E-state index contributed by atoms with van der Waals surface area (Å²) in [7, 11) is -3.62. The van der Waals surface area contributed by atoms with Gasteiger partial charge >= 0.3 is 5.97 Å². The number of benzene rings is 1. The van der Waals surface area contributed by atoms with Crippen molar-refractivity contribution in [3.63, 3.8) is 0 Å². The Labute approximate surface area is 127 Å². The molecule has 0 saturated heterocycles. The van der Waals surface area contributed by atoms with Crippen LogP contribution in [0, 0.1) is 0 Å². The predicted molar refractivity (Wildman–Crippen MR) is 77.5 cm³/mol. The summed E-state index contributed by atoms with van der Waals surface area (Å²) in [4.78, 5) is 11.0. The number of hydrogen-bond acceptors (Lipinski definition) is 3. The molecule has 1 N–H and O–H groups in total. The Bertz CT molecular complexity index is 634. The number of carboxylic acid groups (broad SMARTS) is 1. The Kier molecular flexibility index (Phi) is 4.62. The number of carbonyl (C=O) groups is 1. The number of hydrogen-bond donors (Lipinski definition) is 1. The highest BCUT2D eigenvalue weighted by molar-refractivity contribution is 7.92. The van der Waals surface area contributed by atoms with Gasteiger partial charge in [0.05, 0.1) is 25.8 Å². The zero-order valence-corrected chi connectivity index (χ0v) is 12.9. The Balaban J connectivity index is 2.52. The molecule has 0 aromatic heterocycles. The second-order valence-electron chi connectivity index (χ2n) is 4.84. The molecule has 0 spiro atoms. The fourth-order valence-electron chi connectivity index (χ4n) is 2.50. The molecule has 0 heterocycles. The molecule has 0 atom stereocenters. The third-order valence-electron chi connectivity index (χ3n) is 3.57. The Morgan fingerprint density at radius 1 is 1.15 bits per heavy atom. The van der Waals surface area contributed by atoms with Crippen LogP contribution in [0.1, 0.15) is 42.5 Å². The van der Waals surface area contributed by atoms with Crippen molar-refractivity contribution in [1.29, 1.82) is 0 Å². The molecule has 0 amide bonds. The van der Waals surface area contributed by atoms with Crippen LogP contribution in [0.2, 0.25) is 10.0 Å². The molecule has 20 heavy (non-hydrogen) atoms. The van der Waals surface area contributed by atoms with Gasteiger partial charge in [0.2, 0.25) is 0 Å². The van der Waals surface area contributed by atoms with E-state index in [1.165, 1.54) is 12.1 Å². The Hall–Kier alpha value is -0.780. The SMILES string of the molecule is O=C(O)c1c(Cl)ccc(S(=O)(=O)C2CCCCC2)c1Cl. The maximum atomic E-state index is 12.6. The maximum Gasteiger partial charge on any atom is 0.338 e. The lowest BCUT2D eigenvalue weighted by molar-refractivity contribution is 0.0697. The van der Waals surface area contributed by atoms with E-state index in [0.29, 0.717) is 12.8 Å². The second-order valence-corrected chi connectivity index (χ2v) is 7.83. The molecule has 7 heteroatoms. The molecular formula is C13H14Cl2O4S. The van der Waals surface area contributed by atoms with E-state index >= 15 is 0 Å². The zero-order chi connectivity index (χ0) is 14.9. The standard InChI is InChI=1S/C13H14Cl2O4S/c14-9-6-7-10(12(15)11(9)13(16)17)20(18,19)8-4-2-1-3-5-8/h6-8H,1-5H2,(H,16,17).